The summed E-state index contributed by atoms with van der Waals surface area (Å²) in [7, 11) is 1.70. The minimum atomic E-state index is 0.152. The van der Waals surface area contributed by atoms with Crippen LogP contribution in [0.1, 0.15) is 18.9 Å². The van der Waals surface area contributed by atoms with E-state index in [4.69, 9.17) is 4.74 Å². The maximum absolute atomic E-state index is 11.5. The molecular formula is C15H22N2O2S. The van der Waals surface area contributed by atoms with Gasteiger partial charge in [-0.3, -0.25) is 9.69 Å². The molecular weight excluding hydrogens is 272 g/mol. The molecule has 4 nitrogen and oxygen atoms in total. The van der Waals surface area contributed by atoms with Gasteiger partial charge in [0.25, 0.3) is 0 Å². The number of rotatable bonds is 4. The van der Waals surface area contributed by atoms with Gasteiger partial charge in [-0.15, -0.1) is 11.8 Å². The van der Waals surface area contributed by atoms with Gasteiger partial charge in [0.05, 0.1) is 7.11 Å². The van der Waals surface area contributed by atoms with Crippen molar-refractivity contribution in [2.75, 3.05) is 26.5 Å². The average Bonchev–Trinajstić information content (AvgIpc) is 2.60. The van der Waals surface area contributed by atoms with Crippen molar-refractivity contribution in [3.63, 3.8) is 0 Å². The minimum absolute atomic E-state index is 0.152. The number of amides is 1. The molecule has 5 heteroatoms. The number of carbonyl (C=O) groups is 1. The molecule has 1 aromatic rings. The number of nitrogens with zero attached hydrogens (tertiary/aromatic N) is 1. The van der Waals surface area contributed by atoms with Gasteiger partial charge in [0.1, 0.15) is 5.75 Å². The fraction of sp³-hybridized carbons (Fsp3) is 0.533. The Hall–Kier alpha value is -1.20. The molecule has 0 radical (unpaired) electrons. The van der Waals surface area contributed by atoms with Crippen molar-refractivity contribution in [2.24, 2.45) is 0 Å². The molecule has 110 valence electrons. The van der Waals surface area contributed by atoms with Gasteiger partial charge in [0.15, 0.2) is 0 Å². The van der Waals surface area contributed by atoms with E-state index >= 15 is 0 Å². The number of hydrogen-bond acceptors (Lipinski definition) is 4. The van der Waals surface area contributed by atoms with Crippen LogP contribution in [0.2, 0.25) is 0 Å². The molecule has 1 aliphatic heterocycles. The number of ether oxygens (including phenoxy) is 1. The lowest BCUT2D eigenvalue weighted by Gasteiger charge is -2.26. The van der Waals surface area contributed by atoms with Crippen molar-refractivity contribution in [2.45, 2.75) is 30.8 Å². The first-order valence-electron chi connectivity index (χ1n) is 6.85. The van der Waals surface area contributed by atoms with Crippen molar-refractivity contribution in [3.05, 3.63) is 23.8 Å². The molecule has 1 heterocycles. The fourth-order valence-electron chi connectivity index (χ4n) is 2.48. The predicted octanol–water partition coefficient (Wildman–Crippen LogP) is 2.13. The van der Waals surface area contributed by atoms with E-state index in [1.165, 1.54) is 5.56 Å². The van der Waals surface area contributed by atoms with Crippen molar-refractivity contribution < 1.29 is 9.53 Å². The Morgan fingerprint density at radius 1 is 1.50 bits per heavy atom. The van der Waals surface area contributed by atoms with Crippen molar-refractivity contribution in [1.82, 2.24) is 10.2 Å². The second-order valence-corrected chi connectivity index (χ2v) is 5.91. The highest BCUT2D eigenvalue weighted by molar-refractivity contribution is 7.98. The molecule has 0 spiro atoms. The SMILES string of the molecule is COc1ccc(CN2CCNC(=O)CC2C)cc1SC. The van der Waals surface area contributed by atoms with Crippen LogP contribution in [-0.2, 0) is 11.3 Å². The van der Waals surface area contributed by atoms with Crippen LogP contribution in [0.5, 0.6) is 5.75 Å². The van der Waals surface area contributed by atoms with Crippen molar-refractivity contribution in [3.8, 4) is 5.75 Å². The van der Waals surface area contributed by atoms with Gasteiger partial charge in [0, 0.05) is 37.0 Å². The van der Waals surface area contributed by atoms with Crippen molar-refractivity contribution >= 4 is 17.7 Å². The van der Waals surface area contributed by atoms with Crippen LogP contribution in [-0.4, -0.2) is 43.3 Å². The molecule has 1 saturated heterocycles. The molecule has 1 amide bonds. The largest absolute Gasteiger partial charge is 0.496 e. The highest BCUT2D eigenvalue weighted by Crippen LogP contribution is 2.29. The lowest BCUT2D eigenvalue weighted by Crippen LogP contribution is -2.33. The van der Waals surface area contributed by atoms with E-state index < -0.39 is 0 Å². The van der Waals surface area contributed by atoms with E-state index in [1.807, 2.05) is 6.07 Å². The first-order chi connectivity index (χ1) is 9.63. The molecule has 0 saturated carbocycles. The Bertz CT molecular complexity index is 479. The van der Waals surface area contributed by atoms with Gasteiger partial charge in [-0.25, -0.2) is 0 Å². The summed E-state index contributed by atoms with van der Waals surface area (Å²) in [6.45, 7) is 4.61. The normalized spacial score (nSPS) is 20.4. The highest BCUT2D eigenvalue weighted by Gasteiger charge is 2.21. The Morgan fingerprint density at radius 2 is 2.30 bits per heavy atom. The third-order valence-electron chi connectivity index (χ3n) is 3.66. The molecule has 1 N–H and O–H groups in total. The number of carbonyl (C=O) groups excluding carboxylic acids is 1. The van der Waals surface area contributed by atoms with Gasteiger partial charge in [0.2, 0.25) is 5.91 Å². The number of benzene rings is 1. The number of nitrogens with one attached hydrogen (secondary N) is 1. The van der Waals surface area contributed by atoms with Crippen LogP contribution < -0.4 is 10.1 Å². The quantitative estimate of drug-likeness (QED) is 0.864. The molecule has 0 aliphatic carbocycles. The second-order valence-electron chi connectivity index (χ2n) is 5.06. The summed E-state index contributed by atoms with van der Waals surface area (Å²) in [5, 5.41) is 2.93. The third kappa shape index (κ3) is 3.67. The summed E-state index contributed by atoms with van der Waals surface area (Å²) in [6, 6.07) is 6.58. The standard InChI is InChI=1S/C15H22N2O2S/c1-11-8-15(18)16-6-7-17(11)10-12-4-5-13(19-2)14(9-12)20-3/h4-5,9,11H,6-8,10H2,1-3H3,(H,16,18). The van der Waals surface area contributed by atoms with E-state index in [0.29, 0.717) is 6.42 Å². The second kappa shape index (κ2) is 6.99. The van der Waals surface area contributed by atoms with Crippen LogP contribution in [0.25, 0.3) is 0 Å². The van der Waals surface area contributed by atoms with Crippen LogP contribution in [0.3, 0.4) is 0 Å². The van der Waals surface area contributed by atoms with E-state index in [0.717, 1.165) is 30.3 Å². The molecule has 1 aliphatic rings. The van der Waals surface area contributed by atoms with Crippen LogP contribution in [0, 0.1) is 0 Å². The van der Waals surface area contributed by atoms with Gasteiger partial charge >= 0.3 is 0 Å². The molecule has 1 aromatic carbocycles. The predicted molar refractivity (Wildman–Crippen MR) is 82.3 cm³/mol. The van der Waals surface area contributed by atoms with Gasteiger partial charge in [-0.05, 0) is 30.9 Å². The first kappa shape index (κ1) is 15.2. The summed E-state index contributed by atoms with van der Waals surface area (Å²) in [4.78, 5) is 15.0. The maximum Gasteiger partial charge on any atom is 0.221 e. The molecule has 0 bridgehead atoms. The minimum Gasteiger partial charge on any atom is -0.496 e. The molecule has 2 rings (SSSR count). The summed E-state index contributed by atoms with van der Waals surface area (Å²) < 4.78 is 5.35. The lowest BCUT2D eigenvalue weighted by atomic mass is 10.1. The number of hydrogen-bond donors (Lipinski definition) is 1. The van der Waals surface area contributed by atoms with Crippen LogP contribution in [0.15, 0.2) is 23.1 Å². The maximum atomic E-state index is 11.5. The van der Waals surface area contributed by atoms with Gasteiger partial charge in [-0.1, -0.05) is 6.07 Å². The molecule has 1 fully saturated rings. The number of thioether (sulfide) groups is 1. The summed E-state index contributed by atoms with van der Waals surface area (Å²) in [6.07, 6.45) is 2.63. The average molecular weight is 294 g/mol. The van der Waals surface area contributed by atoms with Gasteiger partial charge < -0.3 is 10.1 Å². The van der Waals surface area contributed by atoms with E-state index in [1.54, 1.807) is 18.9 Å². The van der Waals surface area contributed by atoms with E-state index in [-0.39, 0.29) is 11.9 Å². The molecule has 0 aromatic heterocycles. The smallest absolute Gasteiger partial charge is 0.221 e. The monoisotopic (exact) mass is 294 g/mol. The molecule has 20 heavy (non-hydrogen) atoms. The van der Waals surface area contributed by atoms with Crippen molar-refractivity contribution in [1.29, 1.82) is 0 Å². The van der Waals surface area contributed by atoms with Crippen LogP contribution in [0.4, 0.5) is 0 Å². The fourth-order valence-corrected chi connectivity index (χ4v) is 3.10. The van der Waals surface area contributed by atoms with Crippen LogP contribution >= 0.6 is 11.8 Å². The molecule has 1 atom stereocenters. The third-order valence-corrected chi connectivity index (χ3v) is 4.42. The summed E-state index contributed by atoms with van der Waals surface area (Å²) >= 11 is 1.69. The first-order valence-corrected chi connectivity index (χ1v) is 8.08. The zero-order chi connectivity index (χ0) is 14.5. The lowest BCUT2D eigenvalue weighted by molar-refractivity contribution is -0.121. The number of methoxy groups -OCH3 is 1. The van der Waals surface area contributed by atoms with E-state index in [9.17, 15) is 4.79 Å². The molecule has 1 unspecified atom stereocenters. The Balaban J connectivity index is 2.10. The topological polar surface area (TPSA) is 41.6 Å². The zero-order valence-electron chi connectivity index (χ0n) is 12.3. The zero-order valence-corrected chi connectivity index (χ0v) is 13.1. The summed E-state index contributed by atoms with van der Waals surface area (Å²) in [5.41, 5.74) is 1.26. The Morgan fingerprint density at radius 3 is 3.00 bits per heavy atom. The summed E-state index contributed by atoms with van der Waals surface area (Å²) in [5.74, 6) is 1.07. The van der Waals surface area contributed by atoms with Gasteiger partial charge in [-0.2, -0.15) is 0 Å². The van der Waals surface area contributed by atoms with E-state index in [2.05, 4.69) is 35.5 Å². The highest BCUT2D eigenvalue weighted by atomic mass is 32.2. The Labute approximate surface area is 124 Å². The Kier molecular flexibility index (Phi) is 5.31.